The van der Waals surface area contributed by atoms with Gasteiger partial charge in [-0.05, 0) is 35.9 Å². The Balaban J connectivity index is 1.90. The maximum absolute atomic E-state index is 15.1. The van der Waals surface area contributed by atoms with Crippen LogP contribution in [0.2, 0.25) is 31.0 Å². The molecule has 0 aromatic carbocycles. The summed E-state index contributed by atoms with van der Waals surface area (Å²) in [7, 11) is -1.23. The van der Waals surface area contributed by atoms with E-state index in [1.54, 1.807) is 4.57 Å². The van der Waals surface area contributed by atoms with Gasteiger partial charge in [-0.1, -0.05) is 40.4 Å². The Morgan fingerprint density at radius 1 is 1.36 bits per heavy atom. The average molecular weight is 500 g/mol. The Labute approximate surface area is 200 Å². The summed E-state index contributed by atoms with van der Waals surface area (Å²) in [6.07, 6.45) is 1.82. The van der Waals surface area contributed by atoms with Crippen molar-refractivity contribution in [1.29, 1.82) is 0 Å². The molecule has 0 bridgehead atoms. The highest BCUT2D eigenvalue weighted by Gasteiger charge is 2.42. The van der Waals surface area contributed by atoms with Crippen molar-refractivity contribution in [1.82, 2.24) is 19.4 Å². The molecule has 2 aromatic heterocycles. The van der Waals surface area contributed by atoms with Gasteiger partial charge in [0.2, 0.25) is 5.28 Å². The van der Waals surface area contributed by atoms with Crippen LogP contribution < -0.4 is 5.32 Å². The third-order valence-electron chi connectivity index (χ3n) is 5.96. The van der Waals surface area contributed by atoms with E-state index in [4.69, 9.17) is 16.3 Å². The Bertz CT molecular complexity index is 1000. The van der Waals surface area contributed by atoms with Crippen LogP contribution in [-0.4, -0.2) is 63.9 Å². The molecule has 1 fully saturated rings. The molecule has 1 aliphatic heterocycles. The molecule has 8 nitrogen and oxygen atoms in total. The predicted molar refractivity (Wildman–Crippen MR) is 131 cm³/mol. The molecule has 2 atom stereocenters. The number of hydrogen-bond acceptors (Lipinski definition) is 5. The molecular weight excluding hydrogens is 465 g/mol. The van der Waals surface area contributed by atoms with E-state index in [1.807, 2.05) is 20.8 Å². The molecule has 0 saturated carbocycles. The third-order valence-corrected chi connectivity index (χ3v) is 7.83. The van der Waals surface area contributed by atoms with Crippen molar-refractivity contribution in [2.45, 2.75) is 78.1 Å². The maximum Gasteiger partial charge on any atom is 0.407 e. The van der Waals surface area contributed by atoms with Crippen molar-refractivity contribution in [3.05, 3.63) is 17.3 Å². The van der Waals surface area contributed by atoms with E-state index in [0.717, 1.165) is 12.5 Å². The Morgan fingerprint density at radius 3 is 2.67 bits per heavy atom. The topological polar surface area (TPSA) is 92.5 Å². The lowest BCUT2D eigenvalue weighted by Gasteiger charge is -2.47. The van der Waals surface area contributed by atoms with E-state index >= 15 is 4.39 Å². The van der Waals surface area contributed by atoms with E-state index in [2.05, 4.69) is 34.9 Å². The quantitative estimate of drug-likeness (QED) is 0.296. The van der Waals surface area contributed by atoms with Gasteiger partial charge in [0, 0.05) is 33.5 Å². The Hall–Kier alpha value is -1.91. The van der Waals surface area contributed by atoms with Crippen molar-refractivity contribution >= 4 is 42.6 Å². The Kier molecular flexibility index (Phi) is 7.60. The highest BCUT2D eigenvalue weighted by molar-refractivity contribution is 6.76. The van der Waals surface area contributed by atoms with Gasteiger partial charge in [0.15, 0.2) is 11.5 Å². The third kappa shape index (κ3) is 6.16. The molecule has 0 radical (unpaired) electrons. The van der Waals surface area contributed by atoms with E-state index < -0.39 is 20.0 Å². The number of hydrogen-bond donors (Lipinski definition) is 2. The number of likely N-dealkylation sites (tertiary alicyclic amines) is 1. The number of fused-ring (bicyclic) bond motifs is 1. The monoisotopic (exact) mass is 499 g/mol. The number of carbonyl (C=O) groups is 1. The summed E-state index contributed by atoms with van der Waals surface area (Å²) >= 11 is 6.21. The lowest BCUT2D eigenvalue weighted by molar-refractivity contribution is 0.0519. The van der Waals surface area contributed by atoms with Crippen LogP contribution in [0.4, 0.5) is 15.0 Å². The minimum atomic E-state index is -1.23. The summed E-state index contributed by atoms with van der Waals surface area (Å²) in [5.41, 5.74) is 0.0161. The molecule has 2 unspecified atom stereocenters. The number of ether oxygens (including phenoxy) is 1. The molecule has 33 heavy (non-hydrogen) atoms. The molecule has 2 N–H and O–H groups in total. The molecule has 1 saturated heterocycles. The first-order valence-corrected chi connectivity index (χ1v) is 15.4. The number of halogens is 2. The molecule has 1 aliphatic rings. The fourth-order valence-corrected chi connectivity index (χ4v) is 5.39. The molecule has 0 spiro atoms. The molecule has 2 aromatic rings. The van der Waals surface area contributed by atoms with Crippen LogP contribution >= 0.6 is 11.6 Å². The standard InChI is InChI=1S/C22H35ClFN5O3Si/c1-22(2,3)17-15(8-7-9-29(17)21(30)31)25-18-16-14(24)12-28(19(16)27-20(23)26-18)13-32-10-11-33(4,5)6/h12,15,17H,7-11,13H2,1-6H3,(H,30,31)(H,25,26,27). The van der Waals surface area contributed by atoms with Crippen LogP contribution in [0.1, 0.15) is 33.6 Å². The zero-order valence-corrected chi connectivity index (χ0v) is 22.0. The van der Waals surface area contributed by atoms with Crippen molar-refractivity contribution in [2.75, 3.05) is 18.5 Å². The second-order valence-electron chi connectivity index (χ2n) is 11.0. The largest absolute Gasteiger partial charge is 0.465 e. The summed E-state index contributed by atoms with van der Waals surface area (Å²) < 4.78 is 22.4. The summed E-state index contributed by atoms with van der Waals surface area (Å²) in [6, 6.07) is 0.440. The van der Waals surface area contributed by atoms with Crippen molar-refractivity contribution in [2.24, 2.45) is 5.41 Å². The average Bonchev–Trinajstić information content (AvgIpc) is 2.99. The van der Waals surface area contributed by atoms with Gasteiger partial charge in [0.25, 0.3) is 0 Å². The van der Waals surface area contributed by atoms with Crippen LogP contribution in [0.25, 0.3) is 11.0 Å². The van der Waals surface area contributed by atoms with Gasteiger partial charge in [0.1, 0.15) is 12.5 Å². The first-order valence-electron chi connectivity index (χ1n) is 11.3. The molecule has 184 valence electrons. The zero-order chi connectivity index (χ0) is 24.6. The minimum Gasteiger partial charge on any atom is -0.465 e. The van der Waals surface area contributed by atoms with Gasteiger partial charge in [-0.25, -0.2) is 9.18 Å². The molecule has 0 aliphatic carbocycles. The maximum atomic E-state index is 15.1. The number of rotatable bonds is 7. The summed E-state index contributed by atoms with van der Waals surface area (Å²) in [5, 5.41) is 13.3. The predicted octanol–water partition coefficient (Wildman–Crippen LogP) is 5.51. The van der Waals surface area contributed by atoms with Crippen LogP contribution in [0.5, 0.6) is 0 Å². The van der Waals surface area contributed by atoms with E-state index in [1.165, 1.54) is 11.1 Å². The van der Waals surface area contributed by atoms with Crippen molar-refractivity contribution in [3.8, 4) is 0 Å². The smallest absolute Gasteiger partial charge is 0.407 e. The molecule has 11 heteroatoms. The van der Waals surface area contributed by atoms with Gasteiger partial charge in [0.05, 0.1) is 11.4 Å². The fraction of sp³-hybridized carbons (Fsp3) is 0.682. The molecule has 3 heterocycles. The zero-order valence-electron chi connectivity index (χ0n) is 20.3. The van der Waals surface area contributed by atoms with Crippen molar-refractivity contribution in [3.63, 3.8) is 0 Å². The fourth-order valence-electron chi connectivity index (χ4n) is 4.46. The van der Waals surface area contributed by atoms with Gasteiger partial charge in [-0.15, -0.1) is 0 Å². The summed E-state index contributed by atoms with van der Waals surface area (Å²) in [5.74, 6) is -0.203. The highest BCUT2D eigenvalue weighted by Crippen LogP contribution is 2.35. The number of nitrogens with one attached hydrogen (secondary N) is 1. The Morgan fingerprint density at radius 2 is 2.06 bits per heavy atom. The van der Waals surface area contributed by atoms with Gasteiger partial charge >= 0.3 is 6.09 Å². The molecule has 3 rings (SSSR count). The first-order chi connectivity index (χ1) is 15.3. The van der Waals surface area contributed by atoms with Crippen LogP contribution in [0, 0.1) is 11.2 Å². The van der Waals surface area contributed by atoms with E-state index in [9.17, 15) is 9.90 Å². The van der Waals surface area contributed by atoms with E-state index in [0.29, 0.717) is 25.2 Å². The number of carboxylic acid groups (broad SMARTS) is 1. The van der Waals surface area contributed by atoms with Crippen LogP contribution in [0.15, 0.2) is 6.20 Å². The van der Waals surface area contributed by atoms with Crippen LogP contribution in [0.3, 0.4) is 0 Å². The van der Waals surface area contributed by atoms with Gasteiger partial charge in [-0.2, -0.15) is 9.97 Å². The van der Waals surface area contributed by atoms with Gasteiger partial charge < -0.3 is 24.6 Å². The second kappa shape index (κ2) is 9.75. The number of amides is 1. The van der Waals surface area contributed by atoms with Crippen LogP contribution in [-0.2, 0) is 11.5 Å². The number of anilines is 1. The number of aromatic nitrogens is 3. The lowest BCUT2D eigenvalue weighted by Crippen LogP contribution is -2.58. The highest BCUT2D eigenvalue weighted by atomic mass is 35.5. The summed E-state index contributed by atoms with van der Waals surface area (Å²) in [6.45, 7) is 14.1. The first kappa shape index (κ1) is 25.7. The minimum absolute atomic E-state index is 0.00958. The van der Waals surface area contributed by atoms with Gasteiger partial charge in [-0.3, -0.25) is 0 Å². The molecular formula is C22H35ClFN5O3Si. The van der Waals surface area contributed by atoms with Crippen molar-refractivity contribution < 1.29 is 19.0 Å². The number of nitrogens with zero attached hydrogens (tertiary/aromatic N) is 4. The lowest BCUT2D eigenvalue weighted by atomic mass is 9.77. The SMILES string of the molecule is CC(C)(C)C1C(Nc2nc(Cl)nc3c2c(F)cn3COCC[Si](C)(C)C)CCCN1C(=O)O. The number of piperidine rings is 1. The second-order valence-corrected chi connectivity index (χ2v) is 17.0. The molecule has 1 amide bonds. The normalized spacial score (nSPS) is 19.8. The van der Waals surface area contributed by atoms with E-state index in [-0.39, 0.29) is 40.7 Å². The summed E-state index contributed by atoms with van der Waals surface area (Å²) in [4.78, 5) is 21.9.